The maximum atomic E-state index is 5.12. The average molecular weight is 651 g/mol. The van der Waals surface area contributed by atoms with E-state index in [0.717, 1.165) is 33.5 Å². The van der Waals surface area contributed by atoms with Gasteiger partial charge in [-0.1, -0.05) is 152 Å². The lowest BCUT2D eigenvalue weighted by Gasteiger charge is -2.16. The average Bonchev–Trinajstić information content (AvgIpc) is 3.54. The highest BCUT2D eigenvalue weighted by atomic mass is 15.0. The number of hydrogen-bond donors (Lipinski definition) is 0. The predicted molar refractivity (Wildman–Crippen MR) is 211 cm³/mol. The number of aromatic nitrogens is 4. The Labute approximate surface area is 295 Å². The molecule has 10 aromatic rings. The molecule has 2 aromatic heterocycles. The van der Waals surface area contributed by atoms with Gasteiger partial charge in [0.2, 0.25) is 0 Å². The van der Waals surface area contributed by atoms with Crippen molar-refractivity contribution in [3.8, 4) is 51.0 Å². The Morgan fingerprint density at radius 2 is 0.882 bits per heavy atom. The van der Waals surface area contributed by atoms with Gasteiger partial charge in [0.15, 0.2) is 17.5 Å². The van der Waals surface area contributed by atoms with Crippen LogP contribution in [0.15, 0.2) is 182 Å². The minimum atomic E-state index is 0.631. The lowest BCUT2D eigenvalue weighted by molar-refractivity contribution is 1.07. The number of nitrogens with zero attached hydrogens (tertiary/aromatic N) is 4. The van der Waals surface area contributed by atoms with Crippen molar-refractivity contribution in [1.29, 1.82) is 0 Å². The van der Waals surface area contributed by atoms with E-state index < -0.39 is 0 Å². The second-order valence-corrected chi connectivity index (χ2v) is 12.9. The standard InChI is InChI=1S/C47H30N4/c1-4-14-31(15-5-1)41-30-37(25-27-40(41)47-49-45(33-17-6-2-7-18-33)48-46(50-47)34-19-8-3-9-20-34)51-43-29-36-22-11-10-21-35(36)28-42(43)39-26-24-32-16-12-13-23-38(32)44(39)51/h1-30H. The molecular formula is C47H30N4. The molecule has 2 heterocycles. The second kappa shape index (κ2) is 11.9. The molecule has 0 saturated heterocycles. The molecule has 0 amide bonds. The van der Waals surface area contributed by atoms with E-state index in [0.29, 0.717) is 17.5 Å². The first-order valence-corrected chi connectivity index (χ1v) is 17.2. The summed E-state index contributed by atoms with van der Waals surface area (Å²) in [6.07, 6.45) is 0. The van der Waals surface area contributed by atoms with E-state index in [-0.39, 0.29) is 0 Å². The van der Waals surface area contributed by atoms with E-state index in [1.165, 1.54) is 43.4 Å². The topological polar surface area (TPSA) is 43.6 Å². The van der Waals surface area contributed by atoms with Crippen LogP contribution < -0.4 is 0 Å². The summed E-state index contributed by atoms with van der Waals surface area (Å²) in [7, 11) is 0. The van der Waals surface area contributed by atoms with E-state index in [4.69, 9.17) is 15.0 Å². The summed E-state index contributed by atoms with van der Waals surface area (Å²) >= 11 is 0. The SMILES string of the molecule is c1ccc(-c2nc(-c3ccccc3)nc(-c3ccc(-n4c5cc6ccccc6cc5c5ccc6ccccc6c54)cc3-c3ccccc3)n2)cc1. The van der Waals surface area contributed by atoms with Gasteiger partial charge < -0.3 is 4.57 Å². The van der Waals surface area contributed by atoms with Crippen LogP contribution in [0.1, 0.15) is 0 Å². The van der Waals surface area contributed by atoms with Gasteiger partial charge in [0.05, 0.1) is 11.0 Å². The van der Waals surface area contributed by atoms with E-state index in [1.54, 1.807) is 0 Å². The zero-order valence-corrected chi connectivity index (χ0v) is 27.6. The van der Waals surface area contributed by atoms with Crippen molar-refractivity contribution in [3.63, 3.8) is 0 Å². The molecule has 4 nitrogen and oxygen atoms in total. The molecule has 51 heavy (non-hydrogen) atoms. The third-order valence-corrected chi connectivity index (χ3v) is 9.81. The van der Waals surface area contributed by atoms with Gasteiger partial charge in [0.1, 0.15) is 0 Å². The van der Waals surface area contributed by atoms with Gasteiger partial charge in [0, 0.05) is 38.5 Å². The summed E-state index contributed by atoms with van der Waals surface area (Å²) in [5.74, 6) is 1.92. The van der Waals surface area contributed by atoms with Crippen LogP contribution in [0.5, 0.6) is 0 Å². The molecule has 0 spiro atoms. The molecule has 0 saturated carbocycles. The van der Waals surface area contributed by atoms with Crippen molar-refractivity contribution in [2.45, 2.75) is 0 Å². The van der Waals surface area contributed by atoms with Gasteiger partial charge in [0.25, 0.3) is 0 Å². The Hall–Kier alpha value is -6.91. The van der Waals surface area contributed by atoms with Crippen molar-refractivity contribution >= 4 is 43.4 Å². The molecule has 0 N–H and O–H groups in total. The van der Waals surface area contributed by atoms with Crippen LogP contribution in [0, 0.1) is 0 Å². The zero-order chi connectivity index (χ0) is 33.7. The van der Waals surface area contributed by atoms with Crippen molar-refractivity contribution in [3.05, 3.63) is 182 Å². The minimum Gasteiger partial charge on any atom is -0.309 e. The summed E-state index contributed by atoms with van der Waals surface area (Å²) in [4.78, 5) is 15.2. The normalized spacial score (nSPS) is 11.5. The minimum absolute atomic E-state index is 0.631. The monoisotopic (exact) mass is 650 g/mol. The van der Waals surface area contributed by atoms with E-state index in [2.05, 4.69) is 126 Å². The highest BCUT2D eigenvalue weighted by Crippen LogP contribution is 2.41. The van der Waals surface area contributed by atoms with E-state index >= 15 is 0 Å². The van der Waals surface area contributed by atoms with E-state index in [1.807, 2.05) is 60.7 Å². The van der Waals surface area contributed by atoms with Crippen LogP contribution in [0.2, 0.25) is 0 Å². The van der Waals surface area contributed by atoms with Gasteiger partial charge in [-0.15, -0.1) is 0 Å². The fraction of sp³-hybridized carbons (Fsp3) is 0. The predicted octanol–water partition coefficient (Wildman–Crippen LogP) is 11.9. The molecule has 0 unspecified atom stereocenters. The van der Waals surface area contributed by atoms with Gasteiger partial charge in [-0.3, -0.25) is 0 Å². The molecule has 0 aliphatic carbocycles. The summed E-state index contributed by atoms with van der Waals surface area (Å²) < 4.78 is 2.44. The first kappa shape index (κ1) is 29.0. The molecule has 0 bridgehead atoms. The molecule has 4 heteroatoms. The second-order valence-electron chi connectivity index (χ2n) is 12.9. The largest absolute Gasteiger partial charge is 0.309 e. The molecule has 0 atom stereocenters. The Balaban J connectivity index is 1.27. The maximum Gasteiger partial charge on any atom is 0.164 e. The quantitative estimate of drug-likeness (QED) is 0.186. The Bertz CT molecular complexity index is 2840. The summed E-state index contributed by atoms with van der Waals surface area (Å²) in [6.45, 7) is 0. The molecule has 0 radical (unpaired) electrons. The van der Waals surface area contributed by atoms with Crippen molar-refractivity contribution < 1.29 is 0 Å². The number of rotatable bonds is 5. The summed E-state index contributed by atoms with van der Waals surface area (Å²) in [5, 5.41) is 7.35. The van der Waals surface area contributed by atoms with Crippen LogP contribution >= 0.6 is 0 Å². The van der Waals surface area contributed by atoms with Crippen LogP contribution in [0.25, 0.3) is 94.3 Å². The highest BCUT2D eigenvalue weighted by Gasteiger charge is 2.20. The maximum absolute atomic E-state index is 5.12. The lowest BCUT2D eigenvalue weighted by atomic mass is 9.98. The van der Waals surface area contributed by atoms with E-state index in [9.17, 15) is 0 Å². The van der Waals surface area contributed by atoms with Gasteiger partial charge in [-0.2, -0.15) is 0 Å². The first-order valence-electron chi connectivity index (χ1n) is 17.2. The fourth-order valence-electron chi connectivity index (χ4n) is 7.38. The molecular weight excluding hydrogens is 621 g/mol. The highest BCUT2D eigenvalue weighted by molar-refractivity contribution is 6.20. The molecule has 0 aliphatic rings. The van der Waals surface area contributed by atoms with Gasteiger partial charge in [-0.25, -0.2) is 15.0 Å². The molecule has 238 valence electrons. The van der Waals surface area contributed by atoms with Gasteiger partial charge >= 0.3 is 0 Å². The Morgan fingerprint density at radius 1 is 0.333 bits per heavy atom. The molecule has 0 aliphatic heterocycles. The van der Waals surface area contributed by atoms with Crippen molar-refractivity contribution in [2.24, 2.45) is 0 Å². The third-order valence-electron chi connectivity index (χ3n) is 9.81. The number of fused-ring (bicyclic) bond motifs is 6. The summed E-state index contributed by atoms with van der Waals surface area (Å²) in [5.41, 5.74) is 8.42. The smallest absolute Gasteiger partial charge is 0.164 e. The fourth-order valence-corrected chi connectivity index (χ4v) is 7.38. The van der Waals surface area contributed by atoms with Gasteiger partial charge in [-0.05, 0) is 57.6 Å². The van der Waals surface area contributed by atoms with Crippen LogP contribution in [-0.2, 0) is 0 Å². The first-order chi connectivity index (χ1) is 25.3. The summed E-state index contributed by atoms with van der Waals surface area (Å²) in [6, 6.07) is 64.0. The zero-order valence-electron chi connectivity index (χ0n) is 27.6. The lowest BCUT2D eigenvalue weighted by Crippen LogP contribution is -2.02. The number of hydrogen-bond acceptors (Lipinski definition) is 3. The third kappa shape index (κ3) is 4.96. The van der Waals surface area contributed by atoms with Crippen molar-refractivity contribution in [2.75, 3.05) is 0 Å². The molecule has 0 fully saturated rings. The number of benzene rings is 8. The van der Waals surface area contributed by atoms with Crippen LogP contribution in [0.3, 0.4) is 0 Å². The Morgan fingerprint density at radius 3 is 1.55 bits per heavy atom. The molecule has 8 aromatic carbocycles. The van der Waals surface area contributed by atoms with Crippen molar-refractivity contribution in [1.82, 2.24) is 19.5 Å². The van der Waals surface area contributed by atoms with Crippen LogP contribution in [0.4, 0.5) is 0 Å². The molecule has 10 rings (SSSR count). The Kier molecular flexibility index (Phi) is 6.78. The van der Waals surface area contributed by atoms with Crippen LogP contribution in [-0.4, -0.2) is 19.5 Å².